The Morgan fingerprint density at radius 2 is 1.82 bits per heavy atom. The van der Waals surface area contributed by atoms with Gasteiger partial charge in [-0.25, -0.2) is 0 Å². The molecule has 2 amide bonds. The van der Waals surface area contributed by atoms with E-state index < -0.39 is 11.8 Å². The normalized spacial score (nSPS) is 21.2. The molecule has 22 heavy (non-hydrogen) atoms. The van der Waals surface area contributed by atoms with Crippen molar-refractivity contribution in [3.05, 3.63) is 34.9 Å². The van der Waals surface area contributed by atoms with Gasteiger partial charge in [-0.2, -0.15) is 0 Å². The summed E-state index contributed by atoms with van der Waals surface area (Å²) in [6.07, 6.45) is 5.08. The predicted octanol–water partition coefficient (Wildman–Crippen LogP) is 2.69. The lowest BCUT2D eigenvalue weighted by molar-refractivity contribution is -0.139. The largest absolute Gasteiger partial charge is 0.348 e. The molecule has 4 nitrogen and oxygen atoms in total. The first kappa shape index (κ1) is 16.8. The minimum absolute atomic E-state index is 0.128. The van der Waals surface area contributed by atoms with E-state index in [-0.39, 0.29) is 6.04 Å². The molecular formula is C17H23ClN2O2. The SMILES string of the molecule is C[C@@H]1CCCC[C@@H]1NC(=O)C(=O)NCCc1ccc(Cl)cc1. The molecule has 0 spiro atoms. The number of halogens is 1. The van der Waals surface area contributed by atoms with Crippen molar-refractivity contribution in [2.24, 2.45) is 5.92 Å². The number of amides is 2. The van der Waals surface area contributed by atoms with Gasteiger partial charge < -0.3 is 10.6 Å². The zero-order chi connectivity index (χ0) is 15.9. The van der Waals surface area contributed by atoms with Gasteiger partial charge in [0, 0.05) is 17.6 Å². The molecule has 2 N–H and O–H groups in total. The van der Waals surface area contributed by atoms with Crippen LogP contribution in [0, 0.1) is 5.92 Å². The average molecular weight is 323 g/mol. The summed E-state index contributed by atoms with van der Waals surface area (Å²) in [5.74, 6) is -0.624. The van der Waals surface area contributed by atoms with Gasteiger partial charge in [0.05, 0.1) is 0 Å². The molecule has 1 aromatic carbocycles. The lowest BCUT2D eigenvalue weighted by Crippen LogP contribution is -2.48. The molecule has 0 aromatic heterocycles. The van der Waals surface area contributed by atoms with Crippen molar-refractivity contribution in [3.8, 4) is 0 Å². The van der Waals surface area contributed by atoms with Gasteiger partial charge in [-0.1, -0.05) is 43.5 Å². The first-order chi connectivity index (χ1) is 10.6. The molecule has 0 bridgehead atoms. The lowest BCUT2D eigenvalue weighted by Gasteiger charge is -2.29. The fourth-order valence-corrected chi connectivity index (χ4v) is 2.94. The van der Waals surface area contributed by atoms with E-state index in [2.05, 4.69) is 17.6 Å². The van der Waals surface area contributed by atoms with Crippen molar-refractivity contribution in [2.45, 2.75) is 45.1 Å². The minimum atomic E-state index is -0.549. The van der Waals surface area contributed by atoms with Crippen molar-refractivity contribution in [1.29, 1.82) is 0 Å². The van der Waals surface area contributed by atoms with Gasteiger partial charge in [-0.3, -0.25) is 9.59 Å². The lowest BCUT2D eigenvalue weighted by atomic mass is 9.86. The molecule has 1 aliphatic rings. The quantitative estimate of drug-likeness (QED) is 0.837. The van der Waals surface area contributed by atoms with E-state index in [4.69, 9.17) is 11.6 Å². The maximum Gasteiger partial charge on any atom is 0.309 e. The van der Waals surface area contributed by atoms with Gasteiger partial charge in [-0.15, -0.1) is 0 Å². The van der Waals surface area contributed by atoms with Crippen LogP contribution in [0.25, 0.3) is 0 Å². The third-order valence-corrected chi connectivity index (χ3v) is 4.50. The molecule has 1 saturated carbocycles. The molecule has 5 heteroatoms. The number of benzene rings is 1. The van der Waals surface area contributed by atoms with Gasteiger partial charge >= 0.3 is 11.8 Å². The number of carbonyl (C=O) groups is 2. The molecule has 0 saturated heterocycles. The van der Waals surface area contributed by atoms with Crippen LogP contribution in [0.5, 0.6) is 0 Å². The minimum Gasteiger partial charge on any atom is -0.348 e. The fourth-order valence-electron chi connectivity index (χ4n) is 2.82. The molecule has 2 atom stereocenters. The van der Waals surface area contributed by atoms with Crippen LogP contribution in [0.4, 0.5) is 0 Å². The van der Waals surface area contributed by atoms with Crippen molar-refractivity contribution >= 4 is 23.4 Å². The zero-order valence-electron chi connectivity index (χ0n) is 12.9. The summed E-state index contributed by atoms with van der Waals surface area (Å²) in [6.45, 7) is 2.57. The first-order valence-corrected chi connectivity index (χ1v) is 8.27. The molecule has 1 aliphatic carbocycles. The molecule has 0 heterocycles. The number of carbonyl (C=O) groups excluding carboxylic acids is 2. The third kappa shape index (κ3) is 5.02. The van der Waals surface area contributed by atoms with Gasteiger partial charge in [0.1, 0.15) is 0 Å². The highest BCUT2D eigenvalue weighted by atomic mass is 35.5. The maximum atomic E-state index is 11.9. The zero-order valence-corrected chi connectivity index (χ0v) is 13.7. The molecule has 0 radical (unpaired) electrons. The highest BCUT2D eigenvalue weighted by molar-refractivity contribution is 6.35. The van der Waals surface area contributed by atoms with Gasteiger partial charge in [0.25, 0.3) is 0 Å². The number of hydrogen-bond donors (Lipinski definition) is 2. The van der Waals surface area contributed by atoms with Crippen molar-refractivity contribution in [2.75, 3.05) is 6.54 Å². The summed E-state index contributed by atoms with van der Waals surface area (Å²) in [7, 11) is 0. The summed E-state index contributed by atoms with van der Waals surface area (Å²) < 4.78 is 0. The topological polar surface area (TPSA) is 58.2 Å². The van der Waals surface area contributed by atoms with Crippen LogP contribution < -0.4 is 10.6 Å². The Kier molecular flexibility index (Phi) is 6.25. The summed E-state index contributed by atoms with van der Waals surface area (Å²) >= 11 is 5.82. The molecule has 1 fully saturated rings. The Morgan fingerprint density at radius 3 is 2.50 bits per heavy atom. The van der Waals surface area contributed by atoms with E-state index >= 15 is 0 Å². The van der Waals surface area contributed by atoms with Crippen molar-refractivity contribution in [1.82, 2.24) is 10.6 Å². The van der Waals surface area contributed by atoms with Crippen LogP contribution in [-0.2, 0) is 16.0 Å². The van der Waals surface area contributed by atoms with Crippen LogP contribution in [0.15, 0.2) is 24.3 Å². The highest BCUT2D eigenvalue weighted by Gasteiger charge is 2.25. The molecule has 120 valence electrons. The number of rotatable bonds is 4. The second-order valence-electron chi connectivity index (χ2n) is 5.97. The smallest absolute Gasteiger partial charge is 0.309 e. The van der Waals surface area contributed by atoms with Gasteiger partial charge in [0.2, 0.25) is 0 Å². The van der Waals surface area contributed by atoms with E-state index in [0.717, 1.165) is 24.8 Å². The summed E-state index contributed by atoms with van der Waals surface area (Å²) in [4.78, 5) is 23.7. The van der Waals surface area contributed by atoms with E-state index in [9.17, 15) is 9.59 Å². The van der Waals surface area contributed by atoms with E-state index in [0.29, 0.717) is 23.9 Å². The second-order valence-corrected chi connectivity index (χ2v) is 6.41. The number of hydrogen-bond acceptors (Lipinski definition) is 2. The van der Waals surface area contributed by atoms with Crippen LogP contribution >= 0.6 is 11.6 Å². The van der Waals surface area contributed by atoms with Crippen molar-refractivity contribution < 1.29 is 9.59 Å². The Hall–Kier alpha value is -1.55. The fraction of sp³-hybridized carbons (Fsp3) is 0.529. The average Bonchev–Trinajstić information content (AvgIpc) is 2.51. The van der Waals surface area contributed by atoms with Gasteiger partial charge in [0.15, 0.2) is 0 Å². The van der Waals surface area contributed by atoms with Crippen LogP contribution in [0.2, 0.25) is 5.02 Å². The summed E-state index contributed by atoms with van der Waals surface area (Å²) in [6, 6.07) is 7.59. The van der Waals surface area contributed by atoms with Crippen molar-refractivity contribution in [3.63, 3.8) is 0 Å². The highest BCUT2D eigenvalue weighted by Crippen LogP contribution is 2.23. The Balaban J connectivity index is 1.72. The monoisotopic (exact) mass is 322 g/mol. The molecule has 1 aromatic rings. The Labute approximate surface area is 136 Å². The molecule has 0 unspecified atom stereocenters. The van der Waals surface area contributed by atoms with E-state index in [1.165, 1.54) is 6.42 Å². The third-order valence-electron chi connectivity index (χ3n) is 4.25. The summed E-state index contributed by atoms with van der Waals surface area (Å²) in [5.41, 5.74) is 1.08. The predicted molar refractivity (Wildman–Crippen MR) is 87.7 cm³/mol. The Bertz CT molecular complexity index is 516. The van der Waals surface area contributed by atoms with Crippen LogP contribution in [0.1, 0.15) is 38.2 Å². The van der Waals surface area contributed by atoms with Gasteiger partial charge in [-0.05, 0) is 42.9 Å². The van der Waals surface area contributed by atoms with E-state index in [1.807, 2.05) is 24.3 Å². The van der Waals surface area contributed by atoms with Crippen LogP contribution in [-0.4, -0.2) is 24.4 Å². The van der Waals surface area contributed by atoms with E-state index in [1.54, 1.807) is 0 Å². The number of nitrogens with one attached hydrogen (secondary N) is 2. The standard InChI is InChI=1S/C17H23ClN2O2/c1-12-4-2-3-5-15(12)20-17(22)16(21)19-11-10-13-6-8-14(18)9-7-13/h6-9,12,15H,2-5,10-11H2,1H3,(H,19,21)(H,20,22)/t12-,15+/m1/s1. The summed E-state index contributed by atoms with van der Waals surface area (Å²) in [5, 5.41) is 6.21. The van der Waals surface area contributed by atoms with Crippen LogP contribution in [0.3, 0.4) is 0 Å². The molecule has 0 aliphatic heterocycles. The maximum absolute atomic E-state index is 11.9. The molecular weight excluding hydrogens is 300 g/mol. The first-order valence-electron chi connectivity index (χ1n) is 7.89. The Morgan fingerprint density at radius 1 is 1.14 bits per heavy atom. The second kappa shape index (κ2) is 8.18. The molecule has 2 rings (SSSR count).